The molecule has 21 heavy (non-hydrogen) atoms. The minimum absolute atomic E-state index is 0.0407. The molecule has 0 saturated carbocycles. The molecule has 110 valence electrons. The van der Waals surface area contributed by atoms with Crippen molar-refractivity contribution < 1.29 is 4.79 Å². The Hall–Kier alpha value is -2.28. The summed E-state index contributed by atoms with van der Waals surface area (Å²) in [7, 11) is 0. The van der Waals surface area contributed by atoms with Gasteiger partial charge in [-0.15, -0.1) is 0 Å². The fraction of sp³-hybridized carbons (Fsp3) is 0.429. The minimum Gasteiger partial charge on any atom is -0.325 e. The van der Waals surface area contributed by atoms with Crippen molar-refractivity contribution in [2.75, 3.05) is 18.4 Å². The number of amides is 1. The molecular weight excluding hydrogens is 268 g/mol. The lowest BCUT2D eigenvalue weighted by Crippen LogP contribution is -2.32. The van der Waals surface area contributed by atoms with E-state index in [1.54, 1.807) is 23.3 Å². The van der Waals surface area contributed by atoms with Gasteiger partial charge in [-0.25, -0.2) is 14.6 Å². The fourth-order valence-corrected chi connectivity index (χ4v) is 2.49. The molecule has 1 unspecified atom stereocenters. The van der Waals surface area contributed by atoms with Crippen molar-refractivity contribution in [3.63, 3.8) is 0 Å². The smallest absolute Gasteiger partial charge is 0.224 e. The number of nitrogens with one attached hydrogen (secondary N) is 2. The Morgan fingerprint density at radius 1 is 1.48 bits per heavy atom. The van der Waals surface area contributed by atoms with E-state index in [1.165, 1.54) is 6.33 Å². The zero-order chi connectivity index (χ0) is 14.5. The highest BCUT2D eigenvalue weighted by Crippen LogP contribution is 2.15. The van der Waals surface area contributed by atoms with Gasteiger partial charge < -0.3 is 10.6 Å². The van der Waals surface area contributed by atoms with E-state index in [9.17, 15) is 4.79 Å². The number of piperidine rings is 1. The number of carbonyl (C=O) groups is 1. The third-order valence-electron chi connectivity index (χ3n) is 3.56. The normalized spacial score (nSPS) is 18.4. The molecule has 7 heteroatoms. The largest absolute Gasteiger partial charge is 0.325 e. The molecule has 1 aliphatic rings. The molecule has 0 bridgehead atoms. The summed E-state index contributed by atoms with van der Waals surface area (Å²) < 4.78 is 1.57. The predicted molar refractivity (Wildman–Crippen MR) is 78.0 cm³/mol. The molecule has 1 fully saturated rings. The van der Waals surface area contributed by atoms with Gasteiger partial charge in [0.2, 0.25) is 5.91 Å². The molecule has 0 aliphatic carbocycles. The molecule has 2 N–H and O–H groups in total. The summed E-state index contributed by atoms with van der Waals surface area (Å²) in [5.74, 6) is 1.14. The quantitative estimate of drug-likeness (QED) is 0.875. The van der Waals surface area contributed by atoms with E-state index in [2.05, 4.69) is 25.7 Å². The molecule has 1 aliphatic heterocycles. The second-order valence-electron chi connectivity index (χ2n) is 5.21. The second kappa shape index (κ2) is 6.45. The summed E-state index contributed by atoms with van der Waals surface area (Å²) in [6.07, 6.45) is 7.48. The first kappa shape index (κ1) is 13.7. The summed E-state index contributed by atoms with van der Waals surface area (Å²) in [6, 6.07) is 3.62. The van der Waals surface area contributed by atoms with Crippen LogP contribution in [0, 0.1) is 5.92 Å². The molecule has 0 aromatic carbocycles. The van der Waals surface area contributed by atoms with E-state index in [1.807, 2.05) is 6.07 Å². The maximum absolute atomic E-state index is 12.0. The zero-order valence-corrected chi connectivity index (χ0v) is 11.7. The number of nitrogens with zero attached hydrogens (tertiary/aromatic N) is 4. The van der Waals surface area contributed by atoms with Crippen LogP contribution in [0.5, 0.6) is 0 Å². The van der Waals surface area contributed by atoms with Crippen LogP contribution in [0.15, 0.2) is 31.0 Å². The Morgan fingerprint density at radius 2 is 2.43 bits per heavy atom. The topological polar surface area (TPSA) is 84.7 Å². The van der Waals surface area contributed by atoms with Crippen molar-refractivity contribution in [1.29, 1.82) is 0 Å². The second-order valence-corrected chi connectivity index (χ2v) is 5.21. The van der Waals surface area contributed by atoms with Crippen LogP contribution in [-0.4, -0.2) is 38.7 Å². The molecule has 3 rings (SSSR count). The van der Waals surface area contributed by atoms with Crippen LogP contribution in [0.4, 0.5) is 5.69 Å². The Morgan fingerprint density at radius 3 is 3.10 bits per heavy atom. The van der Waals surface area contributed by atoms with Crippen LogP contribution in [0.2, 0.25) is 0 Å². The van der Waals surface area contributed by atoms with Crippen LogP contribution < -0.4 is 10.6 Å². The van der Waals surface area contributed by atoms with Gasteiger partial charge in [-0.1, -0.05) is 0 Å². The van der Waals surface area contributed by atoms with Crippen molar-refractivity contribution in [3.05, 3.63) is 31.0 Å². The molecule has 1 saturated heterocycles. The SMILES string of the molecule is O=C(CC1CCCNC1)Nc1ccc(-n2cncn2)nc1. The van der Waals surface area contributed by atoms with Gasteiger partial charge in [-0.3, -0.25) is 4.79 Å². The van der Waals surface area contributed by atoms with E-state index in [0.717, 1.165) is 25.9 Å². The van der Waals surface area contributed by atoms with E-state index in [4.69, 9.17) is 0 Å². The molecular formula is C14H18N6O. The Balaban J connectivity index is 1.56. The molecule has 2 aromatic rings. The molecule has 3 heterocycles. The van der Waals surface area contributed by atoms with Crippen LogP contribution in [0.3, 0.4) is 0 Å². The molecule has 2 aromatic heterocycles. The summed E-state index contributed by atoms with van der Waals surface area (Å²) in [6.45, 7) is 1.99. The van der Waals surface area contributed by atoms with Crippen molar-refractivity contribution in [2.45, 2.75) is 19.3 Å². The summed E-state index contributed by atoms with van der Waals surface area (Å²) in [5, 5.41) is 10.2. The van der Waals surface area contributed by atoms with E-state index in [0.29, 0.717) is 23.8 Å². The number of hydrogen-bond acceptors (Lipinski definition) is 5. The Bertz CT molecular complexity index is 574. The molecule has 1 atom stereocenters. The van der Waals surface area contributed by atoms with Gasteiger partial charge in [0.05, 0.1) is 11.9 Å². The predicted octanol–water partition coefficient (Wildman–Crippen LogP) is 0.990. The third kappa shape index (κ3) is 3.63. The highest BCUT2D eigenvalue weighted by Gasteiger charge is 2.16. The van der Waals surface area contributed by atoms with Crippen LogP contribution in [-0.2, 0) is 4.79 Å². The van der Waals surface area contributed by atoms with Gasteiger partial charge in [0.25, 0.3) is 0 Å². The Labute approximate surface area is 122 Å². The highest BCUT2D eigenvalue weighted by atomic mass is 16.1. The van der Waals surface area contributed by atoms with Gasteiger partial charge in [0.15, 0.2) is 5.82 Å². The lowest BCUT2D eigenvalue weighted by Gasteiger charge is -2.22. The van der Waals surface area contributed by atoms with Gasteiger partial charge >= 0.3 is 0 Å². The lowest BCUT2D eigenvalue weighted by atomic mass is 9.96. The lowest BCUT2D eigenvalue weighted by molar-refractivity contribution is -0.117. The first-order chi connectivity index (χ1) is 10.3. The average molecular weight is 286 g/mol. The van der Waals surface area contributed by atoms with Gasteiger partial charge in [0, 0.05) is 6.42 Å². The van der Waals surface area contributed by atoms with E-state index >= 15 is 0 Å². The average Bonchev–Trinajstić information content (AvgIpc) is 3.03. The van der Waals surface area contributed by atoms with E-state index in [-0.39, 0.29) is 5.91 Å². The summed E-state index contributed by atoms with van der Waals surface area (Å²) >= 11 is 0. The maximum Gasteiger partial charge on any atom is 0.224 e. The summed E-state index contributed by atoms with van der Waals surface area (Å²) in [5.41, 5.74) is 0.702. The number of carbonyl (C=O) groups excluding carboxylic acids is 1. The molecule has 7 nitrogen and oxygen atoms in total. The number of pyridine rings is 1. The fourth-order valence-electron chi connectivity index (χ4n) is 2.49. The van der Waals surface area contributed by atoms with Crippen LogP contribution >= 0.6 is 0 Å². The van der Waals surface area contributed by atoms with Crippen molar-refractivity contribution >= 4 is 11.6 Å². The van der Waals surface area contributed by atoms with Crippen molar-refractivity contribution in [3.8, 4) is 5.82 Å². The van der Waals surface area contributed by atoms with Crippen molar-refractivity contribution in [2.24, 2.45) is 5.92 Å². The number of aromatic nitrogens is 4. The van der Waals surface area contributed by atoms with Crippen LogP contribution in [0.1, 0.15) is 19.3 Å². The van der Waals surface area contributed by atoms with Gasteiger partial charge in [0.1, 0.15) is 12.7 Å². The zero-order valence-electron chi connectivity index (χ0n) is 11.7. The van der Waals surface area contributed by atoms with E-state index < -0.39 is 0 Å². The maximum atomic E-state index is 12.0. The first-order valence-corrected chi connectivity index (χ1v) is 7.13. The number of rotatable bonds is 4. The van der Waals surface area contributed by atoms with Gasteiger partial charge in [-0.05, 0) is 44.0 Å². The molecule has 0 spiro atoms. The summed E-state index contributed by atoms with van der Waals surface area (Å²) in [4.78, 5) is 20.1. The van der Waals surface area contributed by atoms with Crippen LogP contribution in [0.25, 0.3) is 5.82 Å². The first-order valence-electron chi connectivity index (χ1n) is 7.13. The highest BCUT2D eigenvalue weighted by molar-refractivity contribution is 5.90. The van der Waals surface area contributed by atoms with Crippen molar-refractivity contribution in [1.82, 2.24) is 25.1 Å². The molecule has 0 radical (unpaired) electrons. The van der Waals surface area contributed by atoms with Gasteiger partial charge in [-0.2, -0.15) is 5.10 Å². The third-order valence-corrected chi connectivity index (χ3v) is 3.56. The standard InChI is InChI=1S/C14H18N6O/c21-14(6-11-2-1-5-15-7-11)19-12-3-4-13(17-8-12)20-10-16-9-18-20/h3-4,8-11,15H,1-2,5-7H2,(H,19,21). The monoisotopic (exact) mass is 286 g/mol. The number of anilines is 1. The Kier molecular flexibility index (Phi) is 4.20. The molecule has 1 amide bonds. The minimum atomic E-state index is 0.0407. The number of hydrogen-bond donors (Lipinski definition) is 2.